The van der Waals surface area contributed by atoms with Crippen molar-refractivity contribution in [2.24, 2.45) is 0 Å². The van der Waals surface area contributed by atoms with Gasteiger partial charge in [0.05, 0.1) is 12.1 Å². The lowest BCUT2D eigenvalue weighted by molar-refractivity contribution is -0.147. The molecule has 1 unspecified atom stereocenters. The van der Waals surface area contributed by atoms with Gasteiger partial charge in [-0.05, 0) is 23.0 Å². The summed E-state index contributed by atoms with van der Waals surface area (Å²) in [6.07, 6.45) is 0.373. The number of rotatable bonds is 5. The average molecular weight is 490 g/mol. The van der Waals surface area contributed by atoms with Gasteiger partial charge in [-0.25, -0.2) is 0 Å². The maximum Gasteiger partial charge on any atom is 0.349 e. The molecular weight excluding hydrogens is 464 g/mol. The predicted octanol–water partition coefficient (Wildman–Crippen LogP) is 3.21. The van der Waals surface area contributed by atoms with Crippen molar-refractivity contribution >= 4 is 35.0 Å². The van der Waals surface area contributed by atoms with Crippen LogP contribution in [0, 0.1) is 0 Å². The SMILES string of the molecule is CC(C)(C)c1ccc(C(F)(F)C(=O)NCc2scc3c2CN(C2CCC(=O)NC2=O)C3=O)cc1. The molecule has 2 aliphatic heterocycles. The van der Waals surface area contributed by atoms with Crippen LogP contribution in [0.1, 0.15) is 65.5 Å². The quantitative estimate of drug-likeness (QED) is 0.631. The minimum absolute atomic E-state index is 0.125. The number of halogens is 2. The highest BCUT2D eigenvalue weighted by molar-refractivity contribution is 7.10. The highest BCUT2D eigenvalue weighted by Gasteiger charge is 2.42. The van der Waals surface area contributed by atoms with Gasteiger partial charge in [-0.3, -0.25) is 24.5 Å². The number of thiophene rings is 1. The number of hydrogen-bond acceptors (Lipinski definition) is 5. The molecule has 0 bridgehead atoms. The zero-order valence-corrected chi connectivity index (χ0v) is 19.9. The summed E-state index contributed by atoms with van der Waals surface area (Å²) in [4.78, 5) is 50.7. The lowest BCUT2D eigenvalue weighted by atomic mass is 9.86. The Morgan fingerprint density at radius 3 is 2.41 bits per heavy atom. The van der Waals surface area contributed by atoms with Gasteiger partial charge in [-0.15, -0.1) is 11.3 Å². The fourth-order valence-corrected chi connectivity index (χ4v) is 5.11. The molecule has 1 atom stereocenters. The summed E-state index contributed by atoms with van der Waals surface area (Å²) < 4.78 is 29.6. The number of imide groups is 1. The highest BCUT2D eigenvalue weighted by atomic mass is 32.1. The minimum atomic E-state index is -3.72. The standard InChI is InChI=1S/C24H25F2N3O4S/c1-23(2,3)13-4-6-14(7-5-13)24(25,26)22(33)27-10-18-15-11-29(21(32)16(15)12-34-18)17-8-9-19(30)28-20(17)31/h4-7,12,17H,8-11H2,1-3H3,(H,27,33)(H,28,30,31). The Labute approximate surface area is 199 Å². The van der Waals surface area contributed by atoms with E-state index in [9.17, 15) is 28.0 Å². The molecule has 0 saturated carbocycles. The van der Waals surface area contributed by atoms with Gasteiger partial charge in [0.1, 0.15) is 6.04 Å². The normalized spacial score (nSPS) is 18.7. The number of hydrogen-bond donors (Lipinski definition) is 2. The van der Waals surface area contributed by atoms with Crippen molar-refractivity contribution in [2.45, 2.75) is 64.1 Å². The molecule has 4 rings (SSSR count). The molecule has 2 aromatic rings. The van der Waals surface area contributed by atoms with Crippen molar-refractivity contribution in [3.63, 3.8) is 0 Å². The molecule has 0 spiro atoms. The summed E-state index contributed by atoms with van der Waals surface area (Å²) in [5.74, 6) is -6.39. The first-order valence-corrected chi connectivity index (χ1v) is 11.8. The van der Waals surface area contributed by atoms with E-state index >= 15 is 0 Å². The summed E-state index contributed by atoms with van der Waals surface area (Å²) in [7, 11) is 0. The molecule has 4 amide bonds. The largest absolute Gasteiger partial charge is 0.349 e. The monoisotopic (exact) mass is 489 g/mol. The van der Waals surface area contributed by atoms with Gasteiger partial charge in [-0.1, -0.05) is 45.0 Å². The van der Waals surface area contributed by atoms with E-state index in [0.717, 1.165) is 5.56 Å². The molecule has 1 saturated heterocycles. The number of carbonyl (C=O) groups excluding carboxylic acids is 4. The number of alkyl halides is 2. The molecular formula is C24H25F2N3O4S. The Kier molecular flexibility index (Phi) is 6.05. The maximum absolute atomic E-state index is 14.8. The first-order valence-electron chi connectivity index (χ1n) is 10.9. The van der Waals surface area contributed by atoms with Crippen LogP contribution in [0.5, 0.6) is 0 Å². The van der Waals surface area contributed by atoms with Gasteiger partial charge in [0.15, 0.2) is 0 Å². The molecule has 2 N–H and O–H groups in total. The Morgan fingerprint density at radius 2 is 1.79 bits per heavy atom. The number of fused-ring (bicyclic) bond motifs is 1. The predicted molar refractivity (Wildman–Crippen MR) is 121 cm³/mol. The fourth-order valence-electron chi connectivity index (χ4n) is 4.13. The summed E-state index contributed by atoms with van der Waals surface area (Å²) in [5.41, 5.74) is 1.29. The Hall–Kier alpha value is -3.14. The van der Waals surface area contributed by atoms with Crippen LogP contribution in [0.2, 0.25) is 0 Å². The van der Waals surface area contributed by atoms with E-state index < -0.39 is 29.3 Å². The molecule has 0 radical (unpaired) electrons. The van der Waals surface area contributed by atoms with E-state index in [-0.39, 0.29) is 43.2 Å². The van der Waals surface area contributed by atoms with Crippen LogP contribution in [-0.4, -0.2) is 34.6 Å². The van der Waals surface area contributed by atoms with E-state index in [2.05, 4.69) is 10.6 Å². The first-order chi connectivity index (χ1) is 15.9. The molecule has 1 aromatic carbocycles. The number of piperidine rings is 1. The average Bonchev–Trinajstić information content (AvgIpc) is 3.31. The molecule has 0 aliphatic carbocycles. The number of benzene rings is 1. The summed E-state index contributed by atoms with van der Waals surface area (Å²) in [6.45, 7) is 5.87. The van der Waals surface area contributed by atoms with Gasteiger partial charge in [-0.2, -0.15) is 8.78 Å². The van der Waals surface area contributed by atoms with E-state index in [1.54, 1.807) is 17.5 Å². The number of nitrogens with zero attached hydrogens (tertiary/aromatic N) is 1. The second-order valence-corrected chi connectivity index (χ2v) is 10.5. The molecule has 10 heteroatoms. The lowest BCUT2D eigenvalue weighted by Gasteiger charge is -2.29. The minimum Gasteiger partial charge on any atom is -0.346 e. The molecule has 7 nitrogen and oxygen atoms in total. The highest BCUT2D eigenvalue weighted by Crippen LogP contribution is 2.35. The molecule has 3 heterocycles. The Bertz CT molecular complexity index is 1170. The molecule has 180 valence electrons. The lowest BCUT2D eigenvalue weighted by Crippen LogP contribution is -2.52. The zero-order chi connectivity index (χ0) is 24.8. The third-order valence-corrected chi connectivity index (χ3v) is 7.22. The van der Waals surface area contributed by atoms with E-state index in [1.165, 1.54) is 28.4 Å². The van der Waals surface area contributed by atoms with Crippen LogP contribution in [0.15, 0.2) is 29.6 Å². The molecule has 2 aliphatic rings. The Morgan fingerprint density at radius 1 is 1.15 bits per heavy atom. The van der Waals surface area contributed by atoms with E-state index in [1.807, 2.05) is 20.8 Å². The molecule has 1 fully saturated rings. The number of carbonyl (C=O) groups is 4. The van der Waals surface area contributed by atoms with Crippen LogP contribution < -0.4 is 10.6 Å². The second-order valence-electron chi connectivity index (χ2n) is 9.54. The van der Waals surface area contributed by atoms with Crippen molar-refractivity contribution in [1.29, 1.82) is 0 Å². The van der Waals surface area contributed by atoms with Gasteiger partial charge in [0.25, 0.3) is 11.8 Å². The van der Waals surface area contributed by atoms with Crippen molar-refractivity contribution in [3.05, 3.63) is 56.8 Å². The zero-order valence-electron chi connectivity index (χ0n) is 19.0. The summed E-state index contributed by atoms with van der Waals surface area (Å²) in [6, 6.07) is 4.96. The van der Waals surface area contributed by atoms with E-state index in [4.69, 9.17) is 0 Å². The maximum atomic E-state index is 14.8. The van der Waals surface area contributed by atoms with Crippen LogP contribution in [0.4, 0.5) is 8.78 Å². The third kappa shape index (κ3) is 4.34. The smallest absolute Gasteiger partial charge is 0.346 e. The molecule has 34 heavy (non-hydrogen) atoms. The first kappa shape index (κ1) is 24.0. The van der Waals surface area contributed by atoms with Crippen LogP contribution >= 0.6 is 11.3 Å². The van der Waals surface area contributed by atoms with Crippen LogP contribution in [0.3, 0.4) is 0 Å². The summed E-state index contributed by atoms with van der Waals surface area (Å²) >= 11 is 1.20. The topological polar surface area (TPSA) is 95.6 Å². The van der Waals surface area contributed by atoms with Crippen molar-refractivity contribution < 1.29 is 28.0 Å². The van der Waals surface area contributed by atoms with E-state index in [0.29, 0.717) is 16.0 Å². The molecule has 1 aromatic heterocycles. The van der Waals surface area contributed by atoms with Crippen LogP contribution in [-0.2, 0) is 38.8 Å². The van der Waals surface area contributed by atoms with Crippen molar-refractivity contribution in [1.82, 2.24) is 15.5 Å². The number of amides is 4. The van der Waals surface area contributed by atoms with Gasteiger partial charge >= 0.3 is 5.92 Å². The van der Waals surface area contributed by atoms with Crippen LogP contribution in [0.25, 0.3) is 0 Å². The van der Waals surface area contributed by atoms with Gasteiger partial charge < -0.3 is 10.2 Å². The van der Waals surface area contributed by atoms with Gasteiger partial charge in [0, 0.05) is 28.8 Å². The third-order valence-electron chi connectivity index (χ3n) is 6.19. The summed E-state index contributed by atoms with van der Waals surface area (Å²) in [5, 5.41) is 6.13. The number of nitrogens with one attached hydrogen (secondary N) is 2. The van der Waals surface area contributed by atoms with Crippen molar-refractivity contribution in [3.8, 4) is 0 Å². The van der Waals surface area contributed by atoms with Crippen molar-refractivity contribution in [2.75, 3.05) is 0 Å². The fraction of sp³-hybridized carbons (Fsp3) is 0.417. The van der Waals surface area contributed by atoms with Gasteiger partial charge in [0.2, 0.25) is 11.8 Å². The second kappa shape index (κ2) is 8.57. The Balaban J connectivity index is 1.43.